The lowest BCUT2D eigenvalue weighted by molar-refractivity contribution is -0.00142. The van der Waals surface area contributed by atoms with Crippen molar-refractivity contribution in [2.24, 2.45) is 0 Å². The highest BCUT2D eigenvalue weighted by Crippen LogP contribution is 2.41. The number of nitrogens with zero attached hydrogens (tertiary/aromatic N) is 1. The lowest BCUT2D eigenvalue weighted by atomic mass is 9.94. The molecule has 29 heavy (non-hydrogen) atoms. The summed E-state index contributed by atoms with van der Waals surface area (Å²) in [5, 5.41) is 0. The summed E-state index contributed by atoms with van der Waals surface area (Å²) in [7, 11) is 1.73. The third-order valence-electron chi connectivity index (χ3n) is 6.17. The van der Waals surface area contributed by atoms with Crippen LogP contribution in [-0.4, -0.2) is 31.2 Å². The Morgan fingerprint density at radius 1 is 0.828 bits per heavy atom. The van der Waals surface area contributed by atoms with E-state index in [1.54, 1.807) is 7.11 Å². The van der Waals surface area contributed by atoms with Crippen LogP contribution in [0.3, 0.4) is 0 Å². The summed E-state index contributed by atoms with van der Waals surface area (Å²) in [6, 6.07) is 26.1. The van der Waals surface area contributed by atoms with Crippen molar-refractivity contribution < 1.29 is 9.47 Å². The molecule has 1 saturated heterocycles. The first kappa shape index (κ1) is 18.3. The highest BCUT2D eigenvalue weighted by molar-refractivity contribution is 5.53. The molecule has 3 aromatic carbocycles. The minimum atomic E-state index is 0.200. The lowest BCUT2D eigenvalue weighted by Gasteiger charge is -2.44. The average molecular weight is 386 g/mol. The molecule has 148 valence electrons. The van der Waals surface area contributed by atoms with Crippen LogP contribution in [0.4, 0.5) is 0 Å². The van der Waals surface area contributed by atoms with Crippen molar-refractivity contribution in [2.75, 3.05) is 20.2 Å². The molecule has 3 heteroatoms. The van der Waals surface area contributed by atoms with Gasteiger partial charge in [-0.1, -0.05) is 66.7 Å². The van der Waals surface area contributed by atoms with Gasteiger partial charge in [0.2, 0.25) is 0 Å². The summed E-state index contributed by atoms with van der Waals surface area (Å²) in [6.45, 7) is 1.84. The molecule has 0 amide bonds. The Hall–Kier alpha value is -2.78. The van der Waals surface area contributed by atoms with Gasteiger partial charge in [0.05, 0.1) is 13.2 Å². The van der Waals surface area contributed by atoms with Crippen LogP contribution in [0.15, 0.2) is 72.8 Å². The Kier molecular flexibility index (Phi) is 4.99. The molecule has 0 unspecified atom stereocenters. The second-order valence-electron chi connectivity index (χ2n) is 8.01. The van der Waals surface area contributed by atoms with Crippen molar-refractivity contribution in [1.29, 1.82) is 0 Å². The zero-order valence-electron chi connectivity index (χ0n) is 16.9. The van der Waals surface area contributed by atoms with E-state index < -0.39 is 0 Å². The number of aryl methyl sites for hydroxylation is 1. The van der Waals surface area contributed by atoms with Gasteiger partial charge in [0.25, 0.3) is 0 Å². The van der Waals surface area contributed by atoms with Crippen LogP contribution < -0.4 is 9.47 Å². The molecule has 0 bridgehead atoms. The molecule has 0 radical (unpaired) electrons. The van der Waals surface area contributed by atoms with Gasteiger partial charge in [-0.3, -0.25) is 4.90 Å². The predicted octanol–water partition coefficient (Wildman–Crippen LogP) is 5.04. The van der Waals surface area contributed by atoms with E-state index in [2.05, 4.69) is 77.7 Å². The number of likely N-dealkylation sites (tertiary alicyclic amines) is 1. The third kappa shape index (κ3) is 3.51. The highest BCUT2D eigenvalue weighted by atomic mass is 16.5. The molecule has 5 rings (SSSR count). The van der Waals surface area contributed by atoms with Gasteiger partial charge in [0, 0.05) is 18.7 Å². The van der Waals surface area contributed by atoms with Gasteiger partial charge < -0.3 is 9.47 Å². The second kappa shape index (κ2) is 7.92. The van der Waals surface area contributed by atoms with Gasteiger partial charge in [-0.05, 0) is 42.0 Å². The van der Waals surface area contributed by atoms with Crippen molar-refractivity contribution in [3.63, 3.8) is 0 Å². The Morgan fingerprint density at radius 3 is 2.10 bits per heavy atom. The minimum Gasteiger partial charge on any atom is -0.493 e. The maximum atomic E-state index is 6.50. The Balaban J connectivity index is 1.35. The number of ether oxygens (including phenoxy) is 2. The number of fused-ring (bicyclic) bond motifs is 1. The second-order valence-corrected chi connectivity index (χ2v) is 8.01. The summed E-state index contributed by atoms with van der Waals surface area (Å²) >= 11 is 0. The zero-order valence-corrected chi connectivity index (χ0v) is 16.9. The quantitative estimate of drug-likeness (QED) is 0.594. The number of hydrogen-bond donors (Lipinski definition) is 0. The molecule has 1 aliphatic carbocycles. The molecule has 0 N–H and O–H groups in total. The molecule has 3 aromatic rings. The van der Waals surface area contributed by atoms with E-state index in [9.17, 15) is 0 Å². The van der Waals surface area contributed by atoms with E-state index in [1.807, 2.05) is 0 Å². The molecule has 0 saturated carbocycles. The van der Waals surface area contributed by atoms with Gasteiger partial charge in [-0.2, -0.15) is 0 Å². The highest BCUT2D eigenvalue weighted by Gasteiger charge is 2.36. The molecule has 2 aliphatic rings. The normalized spacial score (nSPS) is 16.5. The number of benzene rings is 3. The Labute approximate surface area is 172 Å². The van der Waals surface area contributed by atoms with Gasteiger partial charge in [-0.25, -0.2) is 0 Å². The first-order valence-corrected chi connectivity index (χ1v) is 10.5. The van der Waals surface area contributed by atoms with E-state index in [0.717, 1.165) is 37.4 Å². The molecule has 1 aliphatic heterocycles. The molecule has 0 aromatic heterocycles. The smallest absolute Gasteiger partial charge is 0.165 e. The first-order chi connectivity index (χ1) is 14.3. The van der Waals surface area contributed by atoms with Crippen molar-refractivity contribution in [1.82, 2.24) is 4.90 Å². The zero-order chi connectivity index (χ0) is 19.6. The molecule has 3 nitrogen and oxygen atoms in total. The average Bonchev–Trinajstić information content (AvgIpc) is 3.23. The van der Waals surface area contributed by atoms with Gasteiger partial charge in [0.1, 0.15) is 6.10 Å². The fourth-order valence-corrected chi connectivity index (χ4v) is 4.71. The van der Waals surface area contributed by atoms with Crippen molar-refractivity contribution >= 4 is 0 Å². The van der Waals surface area contributed by atoms with Crippen molar-refractivity contribution in [3.8, 4) is 11.5 Å². The van der Waals surface area contributed by atoms with Crippen molar-refractivity contribution in [3.05, 3.63) is 95.1 Å². The van der Waals surface area contributed by atoms with E-state index in [0.29, 0.717) is 0 Å². The Morgan fingerprint density at radius 2 is 1.48 bits per heavy atom. The van der Waals surface area contributed by atoms with Crippen molar-refractivity contribution in [2.45, 2.75) is 31.4 Å². The van der Waals surface area contributed by atoms with Crippen LogP contribution >= 0.6 is 0 Å². The fourth-order valence-electron chi connectivity index (χ4n) is 4.71. The topological polar surface area (TPSA) is 21.7 Å². The summed E-state index contributed by atoms with van der Waals surface area (Å²) in [4.78, 5) is 2.50. The van der Waals surface area contributed by atoms with Crippen LogP contribution in [-0.2, 0) is 12.8 Å². The largest absolute Gasteiger partial charge is 0.493 e. The fraction of sp³-hybridized carbons (Fsp3) is 0.308. The lowest BCUT2D eigenvalue weighted by Crippen LogP contribution is -2.55. The molecule has 1 fully saturated rings. The van der Waals surface area contributed by atoms with Crippen LogP contribution in [0.25, 0.3) is 0 Å². The van der Waals surface area contributed by atoms with Gasteiger partial charge in [0.15, 0.2) is 11.5 Å². The van der Waals surface area contributed by atoms with E-state index in [4.69, 9.17) is 9.47 Å². The summed E-state index contributed by atoms with van der Waals surface area (Å²) in [5.41, 5.74) is 5.43. The Bertz CT molecular complexity index is 925. The van der Waals surface area contributed by atoms with Crippen LogP contribution in [0.2, 0.25) is 0 Å². The molecule has 0 spiro atoms. The number of methoxy groups -OCH3 is 1. The predicted molar refractivity (Wildman–Crippen MR) is 116 cm³/mol. The van der Waals surface area contributed by atoms with E-state index in [-0.39, 0.29) is 12.1 Å². The number of hydrogen-bond acceptors (Lipinski definition) is 3. The van der Waals surface area contributed by atoms with E-state index >= 15 is 0 Å². The summed E-state index contributed by atoms with van der Waals surface area (Å²) in [6.07, 6.45) is 3.65. The van der Waals surface area contributed by atoms with Crippen LogP contribution in [0.5, 0.6) is 11.5 Å². The molecule has 1 heterocycles. The molecular weight excluding hydrogens is 358 g/mol. The first-order valence-electron chi connectivity index (χ1n) is 10.5. The van der Waals surface area contributed by atoms with Crippen LogP contribution in [0, 0.1) is 0 Å². The van der Waals surface area contributed by atoms with Gasteiger partial charge >= 0.3 is 0 Å². The van der Waals surface area contributed by atoms with Gasteiger partial charge in [-0.15, -0.1) is 0 Å². The third-order valence-corrected chi connectivity index (χ3v) is 6.17. The monoisotopic (exact) mass is 385 g/mol. The molecule has 0 atom stereocenters. The summed E-state index contributed by atoms with van der Waals surface area (Å²) in [5.74, 6) is 1.84. The summed E-state index contributed by atoms with van der Waals surface area (Å²) < 4.78 is 12.1. The molecular formula is C26H27NO2. The minimum absolute atomic E-state index is 0.200. The standard InChI is InChI=1S/C26H27NO2/c1-28-24-16-15-19-13-8-14-23(19)26(24)29-22-17-27(18-22)25(20-9-4-2-5-10-20)21-11-6-3-7-12-21/h2-7,9-12,15-16,22,25H,8,13-14,17-18H2,1H3. The van der Waals surface area contributed by atoms with E-state index in [1.165, 1.54) is 28.7 Å². The van der Waals surface area contributed by atoms with Crippen LogP contribution in [0.1, 0.15) is 34.7 Å². The maximum absolute atomic E-state index is 6.50. The maximum Gasteiger partial charge on any atom is 0.165 e. The SMILES string of the molecule is COc1ccc2c(c1OC1CN(C(c3ccccc3)c3ccccc3)C1)CCC2. The number of rotatable bonds is 6.